The Kier molecular flexibility index (Phi) is 5.89. The van der Waals surface area contributed by atoms with Gasteiger partial charge < -0.3 is 9.64 Å². The molecule has 0 aliphatic carbocycles. The van der Waals surface area contributed by atoms with Crippen molar-refractivity contribution in [2.45, 2.75) is 58.2 Å². The standard InChI is InChI=1S/C26H26N2O4S/c1-2-3-5-16-8-9-17-13-18(33-23(17)12-16)15-32-22-7-4-6-19-20(22)14-28(26(19)31)21-10-11-24(29)27-25(21)30/h4,6-9,12-13,21H,2-3,5,10-11,14-15H2,1H3,(H,27,29,30). The van der Waals surface area contributed by atoms with Crippen LogP contribution in [0.3, 0.4) is 0 Å². The summed E-state index contributed by atoms with van der Waals surface area (Å²) in [5.41, 5.74) is 2.73. The minimum Gasteiger partial charge on any atom is -0.488 e. The molecule has 6 nitrogen and oxygen atoms in total. The third-order valence-corrected chi connectivity index (χ3v) is 7.43. The molecule has 1 atom stereocenters. The summed E-state index contributed by atoms with van der Waals surface area (Å²) < 4.78 is 7.43. The predicted molar refractivity (Wildman–Crippen MR) is 127 cm³/mol. The second-order valence-corrected chi connectivity index (χ2v) is 9.83. The fraction of sp³-hybridized carbons (Fsp3) is 0.346. The van der Waals surface area contributed by atoms with Crippen molar-refractivity contribution in [1.29, 1.82) is 0 Å². The lowest BCUT2D eigenvalue weighted by atomic mass is 10.0. The Balaban J connectivity index is 1.31. The van der Waals surface area contributed by atoms with E-state index in [1.165, 1.54) is 28.5 Å². The van der Waals surface area contributed by atoms with Crippen LogP contribution in [0.1, 0.15) is 59.0 Å². The van der Waals surface area contributed by atoms with Gasteiger partial charge in [0.15, 0.2) is 0 Å². The third kappa shape index (κ3) is 4.25. The molecule has 1 fully saturated rings. The van der Waals surface area contributed by atoms with Crippen LogP contribution in [-0.4, -0.2) is 28.7 Å². The second-order valence-electron chi connectivity index (χ2n) is 8.66. The fourth-order valence-electron chi connectivity index (χ4n) is 4.58. The molecular weight excluding hydrogens is 436 g/mol. The maximum atomic E-state index is 13.0. The highest BCUT2D eigenvalue weighted by Gasteiger charge is 2.40. The first-order valence-electron chi connectivity index (χ1n) is 11.4. The van der Waals surface area contributed by atoms with Gasteiger partial charge in [0, 0.05) is 27.1 Å². The van der Waals surface area contributed by atoms with Crippen molar-refractivity contribution in [3.05, 3.63) is 64.0 Å². The number of ether oxygens (including phenoxy) is 1. The number of benzene rings is 2. The number of rotatable bonds is 7. The van der Waals surface area contributed by atoms with Gasteiger partial charge >= 0.3 is 0 Å². The minimum atomic E-state index is -0.625. The molecule has 33 heavy (non-hydrogen) atoms. The monoisotopic (exact) mass is 462 g/mol. The quantitative estimate of drug-likeness (QED) is 0.522. The molecule has 0 bridgehead atoms. The number of thiophene rings is 1. The van der Waals surface area contributed by atoms with Gasteiger partial charge in [-0.25, -0.2) is 0 Å². The van der Waals surface area contributed by atoms with Gasteiger partial charge in [0.05, 0.1) is 6.54 Å². The first kappa shape index (κ1) is 21.6. The molecule has 0 radical (unpaired) electrons. The number of imide groups is 1. The summed E-state index contributed by atoms with van der Waals surface area (Å²) in [6, 6.07) is 13.6. The fourth-order valence-corrected chi connectivity index (χ4v) is 5.62. The number of amides is 3. The number of piperidine rings is 1. The Morgan fingerprint density at radius 1 is 1.15 bits per heavy atom. The van der Waals surface area contributed by atoms with E-state index >= 15 is 0 Å². The topological polar surface area (TPSA) is 75.7 Å². The number of carbonyl (C=O) groups is 3. The SMILES string of the molecule is CCCCc1ccc2cc(COc3cccc4c3CN(C3CCC(=O)NC3=O)C4=O)sc2c1. The molecule has 3 aromatic rings. The van der Waals surface area contributed by atoms with Gasteiger partial charge in [0.2, 0.25) is 11.8 Å². The van der Waals surface area contributed by atoms with E-state index < -0.39 is 11.9 Å². The van der Waals surface area contributed by atoms with E-state index in [-0.39, 0.29) is 18.2 Å². The lowest BCUT2D eigenvalue weighted by Gasteiger charge is -2.29. The molecule has 1 N–H and O–H groups in total. The number of hydrogen-bond acceptors (Lipinski definition) is 5. The van der Waals surface area contributed by atoms with Gasteiger partial charge in [-0.05, 0) is 54.5 Å². The van der Waals surface area contributed by atoms with Crippen LogP contribution in [0.5, 0.6) is 5.75 Å². The molecule has 2 aliphatic rings. The third-order valence-electron chi connectivity index (χ3n) is 6.36. The van der Waals surface area contributed by atoms with Crippen molar-refractivity contribution in [2.75, 3.05) is 0 Å². The molecule has 1 aromatic heterocycles. The number of hydrogen-bond donors (Lipinski definition) is 1. The lowest BCUT2D eigenvalue weighted by molar-refractivity contribution is -0.136. The van der Waals surface area contributed by atoms with E-state index in [2.05, 4.69) is 36.5 Å². The first-order chi connectivity index (χ1) is 16.0. The normalized spacial score (nSPS) is 18.0. The van der Waals surface area contributed by atoms with E-state index in [1.807, 2.05) is 12.1 Å². The highest BCUT2D eigenvalue weighted by Crippen LogP contribution is 2.35. The maximum Gasteiger partial charge on any atom is 0.255 e. The van der Waals surface area contributed by atoms with Gasteiger partial charge in [-0.3, -0.25) is 19.7 Å². The van der Waals surface area contributed by atoms with Gasteiger partial charge in [-0.2, -0.15) is 0 Å². The number of fused-ring (bicyclic) bond motifs is 2. The Bertz CT molecular complexity index is 1250. The van der Waals surface area contributed by atoms with Crippen molar-refractivity contribution in [3.8, 4) is 5.75 Å². The van der Waals surface area contributed by atoms with Gasteiger partial charge in [-0.1, -0.05) is 31.5 Å². The Morgan fingerprint density at radius 2 is 2.03 bits per heavy atom. The van der Waals surface area contributed by atoms with E-state index in [0.29, 0.717) is 30.9 Å². The van der Waals surface area contributed by atoms with Crippen molar-refractivity contribution in [1.82, 2.24) is 10.2 Å². The summed E-state index contributed by atoms with van der Waals surface area (Å²) in [5, 5.41) is 3.56. The van der Waals surface area contributed by atoms with Crippen molar-refractivity contribution in [2.24, 2.45) is 0 Å². The van der Waals surface area contributed by atoms with Crippen LogP contribution in [0.2, 0.25) is 0 Å². The summed E-state index contributed by atoms with van der Waals surface area (Å²) in [5.74, 6) is -0.216. The molecule has 2 aliphatic heterocycles. The smallest absolute Gasteiger partial charge is 0.255 e. The average molecular weight is 463 g/mol. The van der Waals surface area contributed by atoms with Crippen molar-refractivity contribution in [3.63, 3.8) is 0 Å². The van der Waals surface area contributed by atoms with Crippen LogP contribution in [0, 0.1) is 0 Å². The Hall–Kier alpha value is -3.19. The summed E-state index contributed by atoms with van der Waals surface area (Å²) in [6.45, 7) is 2.94. The number of unbranched alkanes of at least 4 members (excludes halogenated alkanes) is 1. The number of aryl methyl sites for hydroxylation is 1. The summed E-state index contributed by atoms with van der Waals surface area (Å²) in [6.07, 6.45) is 4.08. The molecule has 1 saturated heterocycles. The highest BCUT2D eigenvalue weighted by atomic mass is 32.1. The van der Waals surface area contributed by atoms with E-state index in [0.717, 1.165) is 16.9 Å². The summed E-state index contributed by atoms with van der Waals surface area (Å²) in [7, 11) is 0. The van der Waals surface area contributed by atoms with E-state index in [1.54, 1.807) is 22.3 Å². The molecule has 2 aromatic carbocycles. The minimum absolute atomic E-state index is 0.189. The van der Waals surface area contributed by atoms with E-state index in [9.17, 15) is 14.4 Å². The highest BCUT2D eigenvalue weighted by molar-refractivity contribution is 7.19. The van der Waals surface area contributed by atoms with E-state index in [4.69, 9.17) is 4.74 Å². The summed E-state index contributed by atoms with van der Waals surface area (Å²) in [4.78, 5) is 39.4. The lowest BCUT2D eigenvalue weighted by Crippen LogP contribution is -2.52. The molecule has 0 spiro atoms. The first-order valence-corrected chi connectivity index (χ1v) is 12.3. The predicted octanol–water partition coefficient (Wildman–Crippen LogP) is 4.58. The Labute approximate surface area is 196 Å². The molecule has 5 rings (SSSR count). The molecule has 3 heterocycles. The van der Waals surface area contributed by atoms with Crippen LogP contribution in [-0.2, 0) is 29.2 Å². The molecular formula is C26H26N2O4S. The van der Waals surface area contributed by atoms with Crippen LogP contribution in [0.4, 0.5) is 0 Å². The molecule has 0 saturated carbocycles. The van der Waals surface area contributed by atoms with Crippen LogP contribution in [0.15, 0.2) is 42.5 Å². The van der Waals surface area contributed by atoms with Crippen molar-refractivity contribution >= 4 is 39.1 Å². The zero-order valence-electron chi connectivity index (χ0n) is 18.6. The summed E-state index contributed by atoms with van der Waals surface area (Å²) >= 11 is 1.73. The zero-order chi connectivity index (χ0) is 22.9. The number of nitrogens with one attached hydrogen (secondary N) is 1. The maximum absolute atomic E-state index is 13.0. The number of carbonyl (C=O) groups excluding carboxylic acids is 3. The largest absolute Gasteiger partial charge is 0.488 e. The van der Waals surface area contributed by atoms with Crippen molar-refractivity contribution < 1.29 is 19.1 Å². The molecule has 3 amide bonds. The average Bonchev–Trinajstić information content (AvgIpc) is 3.37. The van der Waals surface area contributed by atoms with Crippen LogP contribution >= 0.6 is 11.3 Å². The second kappa shape index (κ2) is 8.98. The van der Waals surface area contributed by atoms with Crippen LogP contribution < -0.4 is 10.1 Å². The van der Waals surface area contributed by atoms with Gasteiger partial charge in [-0.15, -0.1) is 11.3 Å². The molecule has 1 unspecified atom stereocenters. The molecule has 170 valence electrons. The van der Waals surface area contributed by atoms with Gasteiger partial charge in [0.1, 0.15) is 18.4 Å². The number of nitrogens with zero attached hydrogens (tertiary/aromatic N) is 1. The zero-order valence-corrected chi connectivity index (χ0v) is 19.4. The van der Waals surface area contributed by atoms with Crippen LogP contribution in [0.25, 0.3) is 10.1 Å². The van der Waals surface area contributed by atoms with Gasteiger partial charge in [0.25, 0.3) is 5.91 Å². The molecule has 7 heteroatoms. The Morgan fingerprint density at radius 3 is 2.85 bits per heavy atom.